The molecule has 1 aromatic rings. The molecule has 0 unspecified atom stereocenters. The van der Waals surface area contributed by atoms with E-state index in [0.29, 0.717) is 25.3 Å². The lowest BCUT2D eigenvalue weighted by Gasteiger charge is -2.25. The van der Waals surface area contributed by atoms with Gasteiger partial charge in [-0.2, -0.15) is 0 Å². The fraction of sp³-hybridized carbons (Fsp3) is 0.500. The first kappa shape index (κ1) is 19.4. The van der Waals surface area contributed by atoms with Crippen molar-refractivity contribution in [2.75, 3.05) is 32.9 Å². The predicted octanol–water partition coefficient (Wildman–Crippen LogP) is 1.67. The van der Waals surface area contributed by atoms with Crippen LogP contribution in [0, 0.1) is 0 Å². The molecular weight excluding hydrogens is 346 g/mol. The van der Waals surface area contributed by atoms with Crippen LogP contribution in [0.15, 0.2) is 41.9 Å². The molecule has 2 aliphatic rings. The van der Waals surface area contributed by atoms with Crippen molar-refractivity contribution < 1.29 is 19.4 Å². The van der Waals surface area contributed by atoms with E-state index in [1.54, 1.807) is 6.08 Å². The number of hydrogen-bond acceptors (Lipinski definition) is 6. The maximum atomic E-state index is 12.9. The first-order chi connectivity index (χ1) is 13.2. The van der Waals surface area contributed by atoms with Crippen LogP contribution in [0.5, 0.6) is 5.75 Å². The zero-order valence-electron chi connectivity index (χ0n) is 15.5. The van der Waals surface area contributed by atoms with Gasteiger partial charge in [0.05, 0.1) is 6.61 Å². The minimum Gasteiger partial charge on any atom is -0.494 e. The van der Waals surface area contributed by atoms with E-state index in [-0.39, 0.29) is 19.1 Å². The lowest BCUT2D eigenvalue weighted by Crippen LogP contribution is -2.52. The molecule has 2 aliphatic heterocycles. The first-order valence-corrected chi connectivity index (χ1v) is 9.40. The molecule has 1 aromatic carbocycles. The van der Waals surface area contributed by atoms with Crippen LogP contribution < -0.4 is 10.2 Å². The van der Waals surface area contributed by atoms with E-state index in [1.165, 1.54) is 0 Å². The summed E-state index contributed by atoms with van der Waals surface area (Å²) in [5.41, 5.74) is 2.79. The molecule has 27 heavy (non-hydrogen) atoms. The lowest BCUT2D eigenvalue weighted by molar-refractivity contribution is -0.131. The molecule has 2 heterocycles. The highest BCUT2D eigenvalue weighted by Gasteiger charge is 2.44. The molecule has 0 radical (unpaired) electrons. The summed E-state index contributed by atoms with van der Waals surface area (Å²) in [5, 5.41) is 10.7. The van der Waals surface area contributed by atoms with Gasteiger partial charge in [-0.25, -0.2) is 10.0 Å². The second-order valence-corrected chi connectivity index (χ2v) is 6.82. The highest BCUT2D eigenvalue weighted by Crippen LogP contribution is 2.27. The molecule has 0 saturated carbocycles. The van der Waals surface area contributed by atoms with E-state index in [0.717, 1.165) is 37.2 Å². The van der Waals surface area contributed by atoms with E-state index in [1.807, 2.05) is 29.3 Å². The number of aliphatic hydroxyl groups is 1. The number of hydrazine groups is 1. The number of carbonyl (C=O) groups is 1. The van der Waals surface area contributed by atoms with Crippen molar-refractivity contribution >= 4 is 11.8 Å². The van der Waals surface area contributed by atoms with Crippen LogP contribution in [0.2, 0.25) is 0 Å². The molecule has 3 rings (SSSR count). The van der Waals surface area contributed by atoms with Gasteiger partial charge in [-0.1, -0.05) is 6.08 Å². The summed E-state index contributed by atoms with van der Waals surface area (Å²) in [7, 11) is 0. The summed E-state index contributed by atoms with van der Waals surface area (Å²) < 4.78 is 11.3. The molecule has 1 amide bonds. The van der Waals surface area contributed by atoms with Crippen LogP contribution >= 0.6 is 0 Å². The van der Waals surface area contributed by atoms with Crippen molar-refractivity contribution in [1.82, 2.24) is 10.4 Å². The number of carbonyl (C=O) groups excluding carboxylic acids is 1. The Labute approximate surface area is 159 Å². The van der Waals surface area contributed by atoms with E-state index in [9.17, 15) is 4.79 Å². The van der Waals surface area contributed by atoms with Gasteiger partial charge in [0, 0.05) is 38.1 Å². The Kier molecular flexibility index (Phi) is 6.47. The number of aliphatic hydroxyl groups excluding tert-OH is 1. The normalized spacial score (nSPS) is 22.2. The van der Waals surface area contributed by atoms with Crippen molar-refractivity contribution in [3.8, 4) is 5.75 Å². The van der Waals surface area contributed by atoms with Gasteiger partial charge in [-0.15, -0.1) is 6.58 Å². The van der Waals surface area contributed by atoms with Crippen LogP contribution in [0.1, 0.15) is 31.2 Å². The predicted molar refractivity (Wildman–Crippen MR) is 103 cm³/mol. The largest absolute Gasteiger partial charge is 0.494 e. The fourth-order valence-corrected chi connectivity index (χ4v) is 3.17. The molecule has 1 atom stereocenters. The Hall–Kier alpha value is -2.38. The van der Waals surface area contributed by atoms with Crippen LogP contribution in [0.4, 0.5) is 0 Å². The zero-order valence-corrected chi connectivity index (χ0v) is 15.5. The van der Waals surface area contributed by atoms with E-state index < -0.39 is 5.54 Å². The van der Waals surface area contributed by atoms with E-state index in [2.05, 4.69) is 17.0 Å². The molecule has 7 heteroatoms. The number of hydrogen-bond donors (Lipinski definition) is 2. The highest BCUT2D eigenvalue weighted by molar-refractivity contribution is 6.00. The SMILES string of the molecule is C=CC[C@@]1(C(=O)NN2CCCC2)COC(c2ccc(OCCCO)cc2)=N1. The summed E-state index contributed by atoms with van der Waals surface area (Å²) in [4.78, 5) is 17.5. The van der Waals surface area contributed by atoms with Crippen molar-refractivity contribution in [1.29, 1.82) is 0 Å². The van der Waals surface area contributed by atoms with Crippen molar-refractivity contribution in [2.45, 2.75) is 31.2 Å². The van der Waals surface area contributed by atoms with Gasteiger partial charge in [-0.3, -0.25) is 10.2 Å². The van der Waals surface area contributed by atoms with Gasteiger partial charge in [0.15, 0.2) is 5.54 Å². The third-order valence-corrected chi connectivity index (χ3v) is 4.71. The van der Waals surface area contributed by atoms with Gasteiger partial charge in [0.1, 0.15) is 12.4 Å². The molecule has 1 fully saturated rings. The van der Waals surface area contributed by atoms with Crippen LogP contribution in [0.25, 0.3) is 0 Å². The molecule has 0 bridgehead atoms. The van der Waals surface area contributed by atoms with E-state index >= 15 is 0 Å². The standard InChI is InChI=1S/C20H27N3O4/c1-2-10-20(19(25)22-23-11-3-4-12-23)15-27-18(21-20)16-6-8-17(9-7-16)26-14-5-13-24/h2,6-9,24H,1,3-5,10-15H2,(H,22,25)/t20-/m0/s1. The molecule has 7 nitrogen and oxygen atoms in total. The minimum absolute atomic E-state index is 0.105. The van der Waals surface area contributed by atoms with Crippen molar-refractivity contribution in [2.24, 2.45) is 4.99 Å². The van der Waals surface area contributed by atoms with Crippen LogP contribution in [0.3, 0.4) is 0 Å². The summed E-state index contributed by atoms with van der Waals surface area (Å²) in [6.45, 7) is 6.27. The average Bonchev–Trinajstić information content (AvgIpc) is 3.34. The Morgan fingerprint density at radius 3 is 2.78 bits per heavy atom. The third-order valence-electron chi connectivity index (χ3n) is 4.71. The Morgan fingerprint density at radius 1 is 1.37 bits per heavy atom. The molecular formula is C20H27N3O4. The van der Waals surface area contributed by atoms with Gasteiger partial charge in [0.25, 0.3) is 5.91 Å². The van der Waals surface area contributed by atoms with Gasteiger partial charge in [0.2, 0.25) is 5.90 Å². The third kappa shape index (κ3) is 4.67. The number of nitrogens with one attached hydrogen (secondary N) is 1. The molecule has 0 spiro atoms. The smallest absolute Gasteiger partial charge is 0.266 e. The summed E-state index contributed by atoms with van der Waals surface area (Å²) >= 11 is 0. The second kappa shape index (κ2) is 9.01. The van der Waals surface area contributed by atoms with E-state index in [4.69, 9.17) is 14.6 Å². The van der Waals surface area contributed by atoms with Crippen molar-refractivity contribution in [3.63, 3.8) is 0 Å². The molecule has 1 saturated heterocycles. The topological polar surface area (TPSA) is 83.4 Å². The number of aliphatic imine (C=N–C) groups is 1. The van der Waals surface area contributed by atoms with Crippen LogP contribution in [-0.4, -0.2) is 60.4 Å². The molecule has 146 valence electrons. The first-order valence-electron chi connectivity index (χ1n) is 9.40. The lowest BCUT2D eigenvalue weighted by atomic mass is 9.96. The Bertz CT molecular complexity index is 683. The number of nitrogens with zero attached hydrogens (tertiary/aromatic N) is 2. The second-order valence-electron chi connectivity index (χ2n) is 6.82. The van der Waals surface area contributed by atoms with Gasteiger partial charge in [-0.05, 0) is 37.1 Å². The quantitative estimate of drug-likeness (QED) is 0.508. The Morgan fingerprint density at radius 2 is 2.11 bits per heavy atom. The average molecular weight is 373 g/mol. The number of amides is 1. The molecule has 0 aromatic heterocycles. The molecule has 2 N–H and O–H groups in total. The molecule has 0 aliphatic carbocycles. The van der Waals surface area contributed by atoms with Crippen LogP contribution in [-0.2, 0) is 9.53 Å². The number of ether oxygens (including phenoxy) is 2. The highest BCUT2D eigenvalue weighted by atomic mass is 16.5. The van der Waals surface area contributed by atoms with Gasteiger partial charge >= 0.3 is 0 Å². The number of benzene rings is 1. The maximum Gasteiger partial charge on any atom is 0.266 e. The maximum absolute atomic E-state index is 12.9. The Balaban J connectivity index is 1.70. The fourth-order valence-electron chi connectivity index (χ4n) is 3.17. The summed E-state index contributed by atoms with van der Waals surface area (Å²) in [6, 6.07) is 7.37. The minimum atomic E-state index is -0.976. The monoisotopic (exact) mass is 373 g/mol. The number of rotatable bonds is 9. The van der Waals surface area contributed by atoms with Gasteiger partial charge < -0.3 is 14.6 Å². The summed E-state index contributed by atoms with van der Waals surface area (Å²) in [6.07, 6.45) is 4.89. The zero-order chi connectivity index (χ0) is 19.1. The van der Waals surface area contributed by atoms with Crippen molar-refractivity contribution in [3.05, 3.63) is 42.5 Å². The summed E-state index contributed by atoms with van der Waals surface area (Å²) in [5.74, 6) is 1.02.